The van der Waals surface area contributed by atoms with Crippen molar-refractivity contribution in [3.63, 3.8) is 0 Å². The molecule has 0 bridgehead atoms. The van der Waals surface area contributed by atoms with Gasteiger partial charge in [-0.25, -0.2) is 4.39 Å². The van der Waals surface area contributed by atoms with E-state index in [0.29, 0.717) is 5.75 Å². The first-order chi connectivity index (χ1) is 15.8. The van der Waals surface area contributed by atoms with Gasteiger partial charge in [-0.05, 0) is 25.1 Å². The summed E-state index contributed by atoms with van der Waals surface area (Å²) >= 11 is 0. The molecule has 7 nitrogen and oxygen atoms in total. The molecular weight excluding hydrogens is 427 g/mol. The van der Waals surface area contributed by atoms with Gasteiger partial charge in [-0.2, -0.15) is 0 Å². The second-order valence-electron chi connectivity index (χ2n) is 8.24. The number of nitrogens with zero attached hydrogens (tertiary/aromatic N) is 2. The van der Waals surface area contributed by atoms with Crippen LogP contribution in [0.4, 0.5) is 4.39 Å². The Morgan fingerprint density at radius 3 is 2.48 bits per heavy atom. The zero-order valence-corrected chi connectivity index (χ0v) is 19.2. The van der Waals surface area contributed by atoms with Gasteiger partial charge in [-0.1, -0.05) is 35.9 Å². The van der Waals surface area contributed by atoms with Crippen LogP contribution in [0.1, 0.15) is 24.0 Å². The first kappa shape index (κ1) is 24.4. The number of imide groups is 1. The van der Waals surface area contributed by atoms with Crippen LogP contribution in [0.5, 0.6) is 5.75 Å². The van der Waals surface area contributed by atoms with Gasteiger partial charge in [0.05, 0.1) is 25.1 Å². The molecule has 1 fully saturated rings. The highest BCUT2D eigenvalue weighted by atomic mass is 19.1. The Balaban J connectivity index is 1.75. The number of likely N-dealkylation sites (N-methyl/N-ethyl adjacent to an activating group) is 1. The van der Waals surface area contributed by atoms with E-state index in [1.165, 1.54) is 30.2 Å². The minimum absolute atomic E-state index is 0.0544. The molecule has 1 heterocycles. The molecule has 0 spiro atoms. The van der Waals surface area contributed by atoms with E-state index < -0.39 is 23.0 Å². The summed E-state index contributed by atoms with van der Waals surface area (Å²) in [4.78, 5) is 41.6. The smallest absolute Gasteiger partial charge is 0.241 e. The molecule has 0 radical (unpaired) electrons. The highest BCUT2D eigenvalue weighted by Crippen LogP contribution is 2.41. The second-order valence-corrected chi connectivity index (χ2v) is 8.24. The number of ether oxygens (including phenoxy) is 2. The van der Waals surface area contributed by atoms with Gasteiger partial charge in [0.25, 0.3) is 0 Å². The van der Waals surface area contributed by atoms with Gasteiger partial charge < -0.3 is 14.4 Å². The zero-order chi connectivity index (χ0) is 24.0. The van der Waals surface area contributed by atoms with Gasteiger partial charge >= 0.3 is 0 Å². The molecule has 3 amide bonds. The van der Waals surface area contributed by atoms with Crippen molar-refractivity contribution in [1.29, 1.82) is 0 Å². The van der Waals surface area contributed by atoms with Crippen molar-refractivity contribution in [2.24, 2.45) is 0 Å². The fourth-order valence-electron chi connectivity index (χ4n) is 3.96. The number of likely N-dealkylation sites (tertiary alicyclic amines) is 1. The van der Waals surface area contributed by atoms with Crippen LogP contribution in [0.15, 0.2) is 48.5 Å². The van der Waals surface area contributed by atoms with Crippen molar-refractivity contribution in [2.45, 2.75) is 25.2 Å². The first-order valence-corrected chi connectivity index (χ1v) is 10.8. The monoisotopic (exact) mass is 456 g/mol. The molecule has 8 heteroatoms. The van der Waals surface area contributed by atoms with E-state index in [4.69, 9.17) is 9.47 Å². The summed E-state index contributed by atoms with van der Waals surface area (Å²) in [5.41, 5.74) is -0.413. The van der Waals surface area contributed by atoms with Crippen molar-refractivity contribution < 1.29 is 28.2 Å². The molecule has 0 saturated carbocycles. The number of carbonyl (C=O) groups is 3. The molecule has 1 aliphatic rings. The lowest BCUT2D eigenvalue weighted by atomic mass is 9.75. The molecule has 1 unspecified atom stereocenters. The molecule has 0 aliphatic carbocycles. The SMILES string of the molecule is COCCN1C(=O)CC(CC(=O)N(C)CCOc2ccc(C)cc2)(c2ccccc2F)C1=O. The summed E-state index contributed by atoms with van der Waals surface area (Å²) in [5.74, 6) is -1.33. The zero-order valence-electron chi connectivity index (χ0n) is 19.2. The summed E-state index contributed by atoms with van der Waals surface area (Å²) in [6.07, 6.45) is -0.584. The van der Waals surface area contributed by atoms with Crippen LogP contribution in [0.25, 0.3) is 0 Å². The molecule has 1 aliphatic heterocycles. The van der Waals surface area contributed by atoms with Crippen LogP contribution in [0, 0.1) is 12.7 Å². The van der Waals surface area contributed by atoms with Crippen molar-refractivity contribution in [3.05, 3.63) is 65.5 Å². The fraction of sp³-hybridized carbons (Fsp3) is 0.400. The van der Waals surface area contributed by atoms with Crippen LogP contribution in [-0.4, -0.2) is 68.0 Å². The van der Waals surface area contributed by atoms with Crippen LogP contribution < -0.4 is 4.74 Å². The molecule has 3 rings (SSSR count). The average molecular weight is 457 g/mol. The maximum absolute atomic E-state index is 14.8. The van der Waals surface area contributed by atoms with E-state index in [0.717, 1.165) is 10.5 Å². The summed E-state index contributed by atoms with van der Waals surface area (Å²) < 4.78 is 25.5. The van der Waals surface area contributed by atoms with Crippen molar-refractivity contribution >= 4 is 17.7 Å². The Morgan fingerprint density at radius 2 is 1.82 bits per heavy atom. The van der Waals surface area contributed by atoms with Gasteiger partial charge in [-0.3, -0.25) is 19.3 Å². The molecular formula is C25H29FN2O5. The van der Waals surface area contributed by atoms with E-state index in [2.05, 4.69) is 0 Å². The summed E-state index contributed by atoms with van der Waals surface area (Å²) in [7, 11) is 3.06. The topological polar surface area (TPSA) is 76.2 Å². The van der Waals surface area contributed by atoms with Crippen LogP contribution >= 0.6 is 0 Å². The minimum Gasteiger partial charge on any atom is -0.492 e. The quantitative estimate of drug-likeness (QED) is 0.514. The van der Waals surface area contributed by atoms with Gasteiger partial charge in [0.2, 0.25) is 17.7 Å². The number of amides is 3. The van der Waals surface area contributed by atoms with Crippen LogP contribution in [0.3, 0.4) is 0 Å². The third-order valence-corrected chi connectivity index (χ3v) is 5.91. The number of halogens is 1. The van der Waals surface area contributed by atoms with Gasteiger partial charge in [0.1, 0.15) is 18.2 Å². The molecule has 2 aromatic carbocycles. The average Bonchev–Trinajstić information content (AvgIpc) is 3.03. The predicted octanol–water partition coefficient (Wildman–Crippen LogP) is 2.70. The van der Waals surface area contributed by atoms with Gasteiger partial charge in [-0.15, -0.1) is 0 Å². The Kier molecular flexibility index (Phi) is 7.81. The lowest BCUT2D eigenvalue weighted by Gasteiger charge is -2.29. The number of benzene rings is 2. The van der Waals surface area contributed by atoms with Gasteiger partial charge in [0.15, 0.2) is 0 Å². The van der Waals surface area contributed by atoms with Gasteiger partial charge in [0, 0.05) is 32.6 Å². The number of hydrogen-bond donors (Lipinski definition) is 0. The molecule has 1 saturated heterocycles. The van der Waals surface area contributed by atoms with E-state index >= 15 is 0 Å². The number of methoxy groups -OCH3 is 1. The van der Waals surface area contributed by atoms with Crippen LogP contribution in [0.2, 0.25) is 0 Å². The van der Waals surface area contributed by atoms with Crippen molar-refractivity contribution in [3.8, 4) is 5.75 Å². The van der Waals surface area contributed by atoms with E-state index in [9.17, 15) is 18.8 Å². The Hall–Kier alpha value is -3.26. The summed E-state index contributed by atoms with van der Waals surface area (Å²) in [6, 6.07) is 13.4. The van der Waals surface area contributed by atoms with Crippen molar-refractivity contribution in [1.82, 2.24) is 9.80 Å². The highest BCUT2D eigenvalue weighted by molar-refractivity contribution is 6.10. The predicted molar refractivity (Wildman–Crippen MR) is 120 cm³/mol. The maximum atomic E-state index is 14.8. The normalized spacial score (nSPS) is 18.0. The number of carbonyl (C=O) groups excluding carboxylic acids is 3. The Labute approximate surface area is 193 Å². The van der Waals surface area contributed by atoms with Crippen LogP contribution in [-0.2, 0) is 24.5 Å². The largest absolute Gasteiger partial charge is 0.492 e. The lowest BCUT2D eigenvalue weighted by Crippen LogP contribution is -2.44. The minimum atomic E-state index is -1.58. The molecule has 2 aromatic rings. The summed E-state index contributed by atoms with van der Waals surface area (Å²) in [5, 5.41) is 0. The maximum Gasteiger partial charge on any atom is 0.241 e. The fourth-order valence-corrected chi connectivity index (χ4v) is 3.96. The highest BCUT2D eigenvalue weighted by Gasteiger charge is 2.54. The third-order valence-electron chi connectivity index (χ3n) is 5.91. The molecule has 0 aromatic heterocycles. The Bertz CT molecular complexity index is 1010. The summed E-state index contributed by atoms with van der Waals surface area (Å²) in [6.45, 7) is 2.72. The second kappa shape index (κ2) is 10.6. The lowest BCUT2D eigenvalue weighted by molar-refractivity contribution is -0.143. The van der Waals surface area contributed by atoms with E-state index in [-0.39, 0.29) is 50.6 Å². The number of rotatable bonds is 10. The molecule has 176 valence electrons. The van der Waals surface area contributed by atoms with E-state index in [1.807, 2.05) is 31.2 Å². The standard InChI is InChI=1S/C25H29FN2O5/c1-18-8-10-19(11-9-18)33-15-12-27(2)22(29)16-25(20-6-4-5-7-21(20)26)17-23(30)28(24(25)31)13-14-32-3/h4-11H,12-17H2,1-3H3. The molecule has 33 heavy (non-hydrogen) atoms. The third kappa shape index (κ3) is 5.39. The Morgan fingerprint density at radius 1 is 1.12 bits per heavy atom. The first-order valence-electron chi connectivity index (χ1n) is 10.8. The molecule has 1 atom stereocenters. The van der Waals surface area contributed by atoms with E-state index in [1.54, 1.807) is 13.1 Å². The number of hydrogen-bond acceptors (Lipinski definition) is 5. The van der Waals surface area contributed by atoms with Crippen molar-refractivity contribution in [2.75, 3.05) is 40.5 Å². The number of aryl methyl sites for hydroxylation is 1. The molecule has 0 N–H and O–H groups in total.